The molecule has 0 saturated carbocycles. The molecule has 0 aromatic heterocycles. The van der Waals surface area contributed by atoms with Crippen molar-refractivity contribution < 1.29 is 4.74 Å². The van der Waals surface area contributed by atoms with Gasteiger partial charge in [0.25, 0.3) is 0 Å². The van der Waals surface area contributed by atoms with E-state index in [0.717, 1.165) is 25.1 Å². The van der Waals surface area contributed by atoms with Crippen LogP contribution in [0.1, 0.15) is 30.5 Å². The molecule has 0 amide bonds. The molecule has 2 aromatic carbocycles. The molecule has 1 aliphatic rings. The molecule has 0 bridgehead atoms. The van der Waals surface area contributed by atoms with Gasteiger partial charge in [-0.05, 0) is 43.9 Å². The summed E-state index contributed by atoms with van der Waals surface area (Å²) < 4.78 is 5.88. The standard InChI is InChI=1S/C19H23NO/c1-14(2)21-19-10-6-5-9-17(19)13-20-18-11-15-7-3-4-8-16(15)12-18/h3-10,14,18,20H,11-13H2,1-2H3. The van der Waals surface area contributed by atoms with Crippen LogP contribution in [-0.2, 0) is 19.4 Å². The Hall–Kier alpha value is -1.80. The Bertz CT molecular complexity index is 581. The zero-order valence-corrected chi connectivity index (χ0v) is 12.8. The third-order valence-corrected chi connectivity index (χ3v) is 3.97. The second kappa shape index (κ2) is 6.31. The number of fused-ring (bicyclic) bond motifs is 1. The molecule has 2 heteroatoms. The highest BCUT2D eigenvalue weighted by molar-refractivity contribution is 5.35. The molecule has 0 fully saturated rings. The molecular formula is C19H23NO. The number of nitrogens with one attached hydrogen (secondary N) is 1. The van der Waals surface area contributed by atoms with E-state index in [0.29, 0.717) is 6.04 Å². The van der Waals surface area contributed by atoms with Gasteiger partial charge in [-0.1, -0.05) is 42.5 Å². The predicted octanol–water partition coefficient (Wildman–Crippen LogP) is 3.73. The fourth-order valence-corrected chi connectivity index (χ4v) is 2.98. The average Bonchev–Trinajstić information content (AvgIpc) is 2.88. The van der Waals surface area contributed by atoms with E-state index in [9.17, 15) is 0 Å². The van der Waals surface area contributed by atoms with Crippen LogP contribution in [0.4, 0.5) is 0 Å². The van der Waals surface area contributed by atoms with Crippen molar-refractivity contribution in [3.63, 3.8) is 0 Å². The number of para-hydroxylation sites is 1. The zero-order valence-electron chi connectivity index (χ0n) is 12.8. The number of hydrogen-bond acceptors (Lipinski definition) is 2. The van der Waals surface area contributed by atoms with Crippen LogP contribution in [0, 0.1) is 0 Å². The Balaban J connectivity index is 1.62. The van der Waals surface area contributed by atoms with Crippen molar-refractivity contribution in [2.75, 3.05) is 0 Å². The second-order valence-electron chi connectivity index (χ2n) is 6.03. The van der Waals surface area contributed by atoms with Crippen LogP contribution < -0.4 is 10.1 Å². The van der Waals surface area contributed by atoms with E-state index in [1.54, 1.807) is 0 Å². The number of rotatable bonds is 5. The molecule has 0 spiro atoms. The first kappa shape index (κ1) is 14.2. The summed E-state index contributed by atoms with van der Waals surface area (Å²) in [4.78, 5) is 0. The van der Waals surface area contributed by atoms with E-state index in [-0.39, 0.29) is 6.10 Å². The van der Waals surface area contributed by atoms with Crippen LogP contribution in [0.25, 0.3) is 0 Å². The first-order chi connectivity index (χ1) is 10.2. The van der Waals surface area contributed by atoms with E-state index in [1.165, 1.54) is 16.7 Å². The predicted molar refractivity (Wildman–Crippen MR) is 86.7 cm³/mol. The van der Waals surface area contributed by atoms with E-state index >= 15 is 0 Å². The summed E-state index contributed by atoms with van der Waals surface area (Å²) in [6, 6.07) is 17.6. The first-order valence-electron chi connectivity index (χ1n) is 7.77. The topological polar surface area (TPSA) is 21.3 Å². The summed E-state index contributed by atoms with van der Waals surface area (Å²) in [5.74, 6) is 0.996. The molecule has 1 N–H and O–H groups in total. The maximum absolute atomic E-state index is 5.88. The van der Waals surface area contributed by atoms with Crippen molar-refractivity contribution in [2.24, 2.45) is 0 Å². The van der Waals surface area contributed by atoms with Crippen LogP contribution in [0.2, 0.25) is 0 Å². The van der Waals surface area contributed by atoms with Crippen molar-refractivity contribution in [1.29, 1.82) is 0 Å². The summed E-state index contributed by atoms with van der Waals surface area (Å²) >= 11 is 0. The van der Waals surface area contributed by atoms with Gasteiger partial charge >= 0.3 is 0 Å². The Labute approximate surface area is 127 Å². The SMILES string of the molecule is CC(C)Oc1ccccc1CNC1Cc2ccccc2C1. The third kappa shape index (κ3) is 3.45. The van der Waals surface area contributed by atoms with Crippen LogP contribution in [0.15, 0.2) is 48.5 Å². The van der Waals surface area contributed by atoms with Gasteiger partial charge in [-0.3, -0.25) is 0 Å². The quantitative estimate of drug-likeness (QED) is 0.901. The Morgan fingerprint density at radius 3 is 2.29 bits per heavy atom. The molecule has 0 radical (unpaired) electrons. The molecule has 2 nitrogen and oxygen atoms in total. The summed E-state index contributed by atoms with van der Waals surface area (Å²) in [6.45, 7) is 5.00. The Kier molecular flexibility index (Phi) is 4.26. The van der Waals surface area contributed by atoms with Crippen LogP contribution >= 0.6 is 0 Å². The summed E-state index contributed by atoms with van der Waals surface area (Å²) in [5, 5.41) is 3.68. The number of hydrogen-bond donors (Lipinski definition) is 1. The minimum atomic E-state index is 0.210. The highest BCUT2D eigenvalue weighted by atomic mass is 16.5. The molecule has 110 valence electrons. The lowest BCUT2D eigenvalue weighted by atomic mass is 10.1. The lowest BCUT2D eigenvalue weighted by Gasteiger charge is -2.17. The maximum Gasteiger partial charge on any atom is 0.124 e. The fourth-order valence-electron chi connectivity index (χ4n) is 2.98. The van der Waals surface area contributed by atoms with Crippen molar-refractivity contribution in [3.8, 4) is 5.75 Å². The molecular weight excluding hydrogens is 258 g/mol. The third-order valence-electron chi connectivity index (χ3n) is 3.97. The largest absolute Gasteiger partial charge is 0.491 e. The van der Waals surface area contributed by atoms with Gasteiger partial charge in [-0.15, -0.1) is 0 Å². The molecule has 0 atom stereocenters. The highest BCUT2D eigenvalue weighted by Gasteiger charge is 2.20. The Morgan fingerprint density at radius 1 is 1.00 bits per heavy atom. The van der Waals surface area contributed by atoms with Gasteiger partial charge in [0, 0.05) is 18.2 Å². The molecule has 0 unspecified atom stereocenters. The van der Waals surface area contributed by atoms with Crippen LogP contribution in [0.3, 0.4) is 0 Å². The average molecular weight is 281 g/mol. The molecule has 3 rings (SSSR count). The normalized spacial score (nSPS) is 14.4. The lowest BCUT2D eigenvalue weighted by molar-refractivity contribution is 0.239. The van der Waals surface area contributed by atoms with Gasteiger partial charge in [0.1, 0.15) is 5.75 Å². The van der Waals surface area contributed by atoms with E-state index in [4.69, 9.17) is 4.74 Å². The smallest absolute Gasteiger partial charge is 0.124 e. The highest BCUT2D eigenvalue weighted by Crippen LogP contribution is 2.23. The van der Waals surface area contributed by atoms with Gasteiger partial charge in [-0.25, -0.2) is 0 Å². The van der Waals surface area contributed by atoms with Gasteiger partial charge in [0.15, 0.2) is 0 Å². The molecule has 0 heterocycles. The van der Waals surface area contributed by atoms with Crippen molar-refractivity contribution in [3.05, 3.63) is 65.2 Å². The molecule has 1 aliphatic carbocycles. The summed E-state index contributed by atoms with van der Waals surface area (Å²) in [5.41, 5.74) is 4.21. The van der Waals surface area contributed by atoms with Crippen LogP contribution in [-0.4, -0.2) is 12.1 Å². The monoisotopic (exact) mass is 281 g/mol. The van der Waals surface area contributed by atoms with Gasteiger partial charge in [0.05, 0.1) is 6.10 Å². The van der Waals surface area contributed by atoms with Gasteiger partial charge in [-0.2, -0.15) is 0 Å². The zero-order chi connectivity index (χ0) is 14.7. The van der Waals surface area contributed by atoms with E-state index < -0.39 is 0 Å². The fraction of sp³-hybridized carbons (Fsp3) is 0.368. The van der Waals surface area contributed by atoms with Gasteiger partial charge in [0.2, 0.25) is 0 Å². The minimum Gasteiger partial charge on any atom is -0.491 e. The number of benzene rings is 2. The lowest BCUT2D eigenvalue weighted by Crippen LogP contribution is -2.29. The number of ether oxygens (including phenoxy) is 1. The van der Waals surface area contributed by atoms with E-state index in [2.05, 4.69) is 61.6 Å². The minimum absolute atomic E-state index is 0.210. The van der Waals surface area contributed by atoms with Crippen LogP contribution in [0.5, 0.6) is 5.75 Å². The molecule has 0 aliphatic heterocycles. The van der Waals surface area contributed by atoms with Crippen molar-refractivity contribution in [2.45, 2.75) is 45.4 Å². The molecule has 2 aromatic rings. The van der Waals surface area contributed by atoms with Crippen molar-refractivity contribution in [1.82, 2.24) is 5.32 Å². The van der Waals surface area contributed by atoms with Crippen molar-refractivity contribution >= 4 is 0 Å². The second-order valence-corrected chi connectivity index (χ2v) is 6.03. The summed E-state index contributed by atoms with van der Waals surface area (Å²) in [7, 11) is 0. The molecule has 0 saturated heterocycles. The molecule has 21 heavy (non-hydrogen) atoms. The maximum atomic E-state index is 5.88. The first-order valence-corrected chi connectivity index (χ1v) is 7.77. The Morgan fingerprint density at radius 2 is 1.62 bits per heavy atom. The van der Waals surface area contributed by atoms with E-state index in [1.807, 2.05) is 6.07 Å². The van der Waals surface area contributed by atoms with Gasteiger partial charge < -0.3 is 10.1 Å². The summed E-state index contributed by atoms with van der Waals surface area (Å²) in [6.07, 6.45) is 2.47.